The molecule has 3 saturated heterocycles. The lowest BCUT2D eigenvalue weighted by Crippen LogP contribution is -2.27. The van der Waals surface area contributed by atoms with Crippen molar-refractivity contribution in [3.05, 3.63) is 94.7 Å². The summed E-state index contributed by atoms with van der Waals surface area (Å²) >= 11 is 4.08. The average Bonchev–Trinajstić information content (AvgIpc) is 4.55. The zero-order valence-corrected chi connectivity index (χ0v) is 49.2. The van der Waals surface area contributed by atoms with Crippen molar-refractivity contribution in [1.29, 1.82) is 0 Å². The third-order valence-corrected chi connectivity index (χ3v) is 15.6. The van der Waals surface area contributed by atoms with Crippen molar-refractivity contribution in [3.63, 3.8) is 0 Å². The highest BCUT2D eigenvalue weighted by molar-refractivity contribution is 7.18. The molecular formula is C51H62N22O8S3. The van der Waals surface area contributed by atoms with Crippen LogP contribution in [0, 0.1) is 0 Å². The highest BCUT2D eigenvalue weighted by Crippen LogP contribution is 2.33. The first kappa shape index (κ1) is 59.8. The number of methoxy groups -OCH3 is 6. The van der Waals surface area contributed by atoms with Gasteiger partial charge in [0.05, 0.1) is 78.5 Å². The van der Waals surface area contributed by atoms with Crippen LogP contribution < -0.4 is 55.3 Å². The number of hydrogen-bond acceptors (Lipinski definition) is 33. The second kappa shape index (κ2) is 29.5. The first-order valence-corrected chi connectivity index (χ1v) is 28.7. The largest absolute Gasteiger partial charge is 0.497 e. The van der Waals surface area contributed by atoms with Gasteiger partial charge in [-0.3, -0.25) is 9.59 Å². The van der Waals surface area contributed by atoms with Crippen LogP contribution in [0.15, 0.2) is 73.6 Å². The number of nitrogens with zero attached hydrogens (tertiary/aromatic N) is 18. The molecule has 0 amide bonds. The number of benzene rings is 2. The van der Waals surface area contributed by atoms with Gasteiger partial charge in [0, 0.05) is 83.7 Å². The molecule has 84 heavy (non-hydrogen) atoms. The molecule has 442 valence electrons. The molecule has 33 heteroatoms. The van der Waals surface area contributed by atoms with Gasteiger partial charge in [-0.2, -0.15) is 15.3 Å². The molecule has 9 heterocycles. The summed E-state index contributed by atoms with van der Waals surface area (Å²) in [5, 5.41) is 62.1. The molecule has 0 spiro atoms. The molecule has 5 atom stereocenters. The fourth-order valence-electron chi connectivity index (χ4n) is 9.27. The molecule has 0 unspecified atom stereocenters. The first-order valence-electron chi connectivity index (χ1n) is 26.3. The van der Waals surface area contributed by atoms with Crippen LogP contribution in [0.4, 0.5) is 38.4 Å². The lowest BCUT2D eigenvalue weighted by molar-refractivity contribution is -0.129. The summed E-state index contributed by atoms with van der Waals surface area (Å²) in [6, 6.07) is 11.2. The van der Waals surface area contributed by atoms with E-state index in [4.69, 9.17) is 34.2 Å². The average molecular weight is 1210 g/mol. The van der Waals surface area contributed by atoms with E-state index >= 15 is 0 Å². The molecular weight excluding hydrogens is 1140 g/mol. The second-order valence-electron chi connectivity index (χ2n) is 18.8. The van der Waals surface area contributed by atoms with E-state index in [0.717, 1.165) is 63.7 Å². The normalized spacial score (nSPS) is 17.0. The van der Waals surface area contributed by atoms with Gasteiger partial charge in [-0.15, -0.1) is 45.9 Å². The number of aromatic nitrogens is 15. The minimum absolute atomic E-state index is 0.109. The number of carbonyl (C=O) groups excluding carboxylic acids is 2. The summed E-state index contributed by atoms with van der Waals surface area (Å²) in [4.78, 5) is 44.9. The Balaban J connectivity index is 0.000000158. The maximum absolute atomic E-state index is 13.0. The number of nitrogen functional groups attached to an aromatic ring is 1. The molecule has 2 aromatic carbocycles. The predicted molar refractivity (Wildman–Crippen MR) is 312 cm³/mol. The van der Waals surface area contributed by atoms with Gasteiger partial charge in [-0.1, -0.05) is 34.0 Å². The molecule has 3 aliphatic rings. The molecule has 0 radical (unpaired) electrons. The molecule has 0 saturated carbocycles. The number of nitrogens with two attached hydrogens (primary N) is 1. The van der Waals surface area contributed by atoms with E-state index in [-0.39, 0.29) is 36.5 Å². The molecule has 3 fully saturated rings. The minimum atomic E-state index is -0.766. The van der Waals surface area contributed by atoms with Crippen LogP contribution in [0.3, 0.4) is 0 Å². The smallest absolute Gasteiger partial charge is 0.245 e. The second-order valence-corrected chi connectivity index (χ2v) is 21.9. The summed E-state index contributed by atoms with van der Waals surface area (Å²) in [7, 11) is 9.24. The monoisotopic (exact) mass is 1210 g/mol. The zero-order chi connectivity index (χ0) is 58.8. The Hall–Kier alpha value is -8.79. The van der Waals surface area contributed by atoms with Crippen LogP contribution in [0.2, 0.25) is 0 Å². The van der Waals surface area contributed by atoms with Gasteiger partial charge in [-0.05, 0) is 54.7 Å². The number of nitrogens with one attached hydrogen (secondary N) is 3. The molecule has 0 aliphatic carbocycles. The Morgan fingerprint density at radius 2 is 0.833 bits per heavy atom. The Labute approximate surface area is 494 Å². The third-order valence-electron chi connectivity index (χ3n) is 13.2. The number of hydrogen-bond donors (Lipinski definition) is 4. The van der Waals surface area contributed by atoms with Crippen molar-refractivity contribution in [2.45, 2.75) is 62.4 Å². The number of anilines is 7. The fourth-order valence-corrected chi connectivity index (χ4v) is 11.5. The first-order chi connectivity index (χ1) is 41.0. The van der Waals surface area contributed by atoms with E-state index < -0.39 is 12.2 Å². The predicted octanol–water partition coefficient (Wildman–Crippen LogP) is 3.86. The highest BCUT2D eigenvalue weighted by Gasteiger charge is 2.30. The van der Waals surface area contributed by atoms with Gasteiger partial charge in [0.25, 0.3) is 0 Å². The van der Waals surface area contributed by atoms with Crippen LogP contribution in [0.25, 0.3) is 0 Å². The van der Waals surface area contributed by atoms with E-state index in [1.54, 1.807) is 102 Å². The van der Waals surface area contributed by atoms with Gasteiger partial charge in [0.1, 0.15) is 45.2 Å². The number of carbonyl (C=O) groups is 2. The maximum atomic E-state index is 13.0. The summed E-state index contributed by atoms with van der Waals surface area (Å²) in [6.45, 7) is 4.86. The van der Waals surface area contributed by atoms with Gasteiger partial charge in [0.15, 0.2) is 11.6 Å². The third kappa shape index (κ3) is 16.3. The lowest BCUT2D eigenvalue weighted by Gasteiger charge is -2.16. The summed E-state index contributed by atoms with van der Waals surface area (Å²) < 4.78 is 32.2. The molecule has 6 aromatic heterocycles. The number of Topliss-reactive ketones (excluding diaryl/α,β-unsaturated/α-hetero) is 2. The molecule has 3 aliphatic heterocycles. The van der Waals surface area contributed by atoms with Crippen molar-refractivity contribution in [2.75, 3.05) is 118 Å². The van der Waals surface area contributed by atoms with E-state index in [1.807, 2.05) is 0 Å². The quantitative estimate of drug-likeness (QED) is 0.0706. The van der Waals surface area contributed by atoms with Crippen LogP contribution in [-0.4, -0.2) is 188 Å². The fraction of sp³-hybridized carbons (Fsp3) is 0.431. The van der Waals surface area contributed by atoms with E-state index in [0.29, 0.717) is 83.4 Å². The molecule has 5 N–H and O–H groups in total. The molecule has 8 aromatic rings. The topological polar surface area (TPSA) is 355 Å². The Kier molecular flexibility index (Phi) is 21.0. The van der Waals surface area contributed by atoms with Crippen LogP contribution in [0.5, 0.6) is 23.0 Å². The van der Waals surface area contributed by atoms with Crippen molar-refractivity contribution in [2.24, 2.45) is 0 Å². The Morgan fingerprint density at radius 1 is 0.488 bits per heavy atom. The minimum Gasteiger partial charge on any atom is -0.497 e. The molecule has 11 rings (SSSR count). The number of rotatable bonds is 23. The van der Waals surface area contributed by atoms with E-state index in [2.05, 4.69) is 107 Å². The van der Waals surface area contributed by atoms with Crippen molar-refractivity contribution in [1.82, 2.24) is 76.1 Å². The standard InChI is InChI=1S/2C21H25N7O4S.C9H12N8S/c2*1-30-15-8-13(9-16(10-15)31-2)19(32-3)17(29)11-18-25-27-21(33-18)24-14-4-7-28(12-14)20-22-5-6-23-26-20;10-7-14-16-9(18-7)13-6-1-4-17(5-6)8-11-2-3-12-15-8/h2*5-6,8-10,14,19H,4,7,11-12H2,1-3H3,(H,24,27);2-3,6H,1,4-5H2,(H2,10,14)(H,13,16)/t14-,19+;14-,19-;6-/m111/s1. The van der Waals surface area contributed by atoms with Crippen molar-refractivity contribution < 1.29 is 38.0 Å². The van der Waals surface area contributed by atoms with Gasteiger partial charge >= 0.3 is 0 Å². The van der Waals surface area contributed by atoms with Gasteiger partial charge in [-0.25, -0.2) is 15.0 Å². The van der Waals surface area contributed by atoms with Gasteiger partial charge in [0.2, 0.25) is 38.4 Å². The summed E-state index contributed by atoms with van der Waals surface area (Å²) in [5.74, 6) is 3.99. The van der Waals surface area contributed by atoms with Crippen molar-refractivity contribution >= 4 is 83.9 Å². The highest BCUT2D eigenvalue weighted by atomic mass is 32.1. The van der Waals surface area contributed by atoms with Crippen LogP contribution in [-0.2, 0) is 31.9 Å². The van der Waals surface area contributed by atoms with Crippen molar-refractivity contribution in [3.8, 4) is 23.0 Å². The molecule has 0 bridgehead atoms. The number of ketones is 2. The Morgan fingerprint density at radius 3 is 1.13 bits per heavy atom. The van der Waals surface area contributed by atoms with Gasteiger partial charge < -0.3 is 64.8 Å². The number of ether oxygens (including phenoxy) is 6. The SMILES string of the molecule is COc1cc(OC)cc([C@@H](OC)C(=O)Cc2nnc(N[C@@H]3CCN(c4nccnn4)C3)s2)c1.COc1cc(OC)cc([C@H](OC)C(=O)Cc2nnc(N[C@@H]3CCN(c4nccnn4)C3)s2)c1.Nc1nnc(N[C@@H]2CCN(c3nccnn3)C2)s1. The van der Waals surface area contributed by atoms with Crippen LogP contribution in [0.1, 0.15) is 52.6 Å². The lowest BCUT2D eigenvalue weighted by atomic mass is 10.0. The van der Waals surface area contributed by atoms with Crippen LogP contribution >= 0.6 is 34.0 Å². The molecule has 30 nitrogen and oxygen atoms in total. The maximum Gasteiger partial charge on any atom is 0.245 e. The summed E-state index contributed by atoms with van der Waals surface area (Å²) in [5.41, 5.74) is 6.85. The van der Waals surface area contributed by atoms with E-state index in [9.17, 15) is 9.59 Å². The summed E-state index contributed by atoms with van der Waals surface area (Å²) in [6.07, 6.45) is 11.1. The zero-order valence-electron chi connectivity index (χ0n) is 46.7. The Bertz CT molecular complexity index is 3140. The van der Waals surface area contributed by atoms with E-state index in [1.165, 1.54) is 48.2 Å².